The number of nitrogens with zero attached hydrogens (tertiary/aromatic N) is 3. The van der Waals surface area contributed by atoms with Gasteiger partial charge in [-0.2, -0.15) is 13.2 Å². The molecule has 1 saturated heterocycles. The van der Waals surface area contributed by atoms with Crippen molar-refractivity contribution >= 4 is 17.9 Å². The van der Waals surface area contributed by atoms with Crippen LogP contribution in [0.15, 0.2) is 54.9 Å². The number of piperazine rings is 1. The zero-order valence-corrected chi connectivity index (χ0v) is 14.9. The van der Waals surface area contributed by atoms with Crippen LogP contribution < -0.4 is 0 Å². The molecule has 28 heavy (non-hydrogen) atoms. The minimum Gasteiger partial charge on any atom is -0.336 e. The van der Waals surface area contributed by atoms with Crippen molar-refractivity contribution in [1.82, 2.24) is 14.8 Å². The number of rotatable bonds is 3. The van der Waals surface area contributed by atoms with Crippen molar-refractivity contribution in [3.63, 3.8) is 0 Å². The van der Waals surface area contributed by atoms with Gasteiger partial charge in [0.05, 0.1) is 5.56 Å². The Morgan fingerprint density at radius 1 is 0.964 bits per heavy atom. The van der Waals surface area contributed by atoms with E-state index in [1.165, 1.54) is 23.1 Å². The van der Waals surface area contributed by atoms with Crippen molar-refractivity contribution in [2.75, 3.05) is 26.2 Å². The van der Waals surface area contributed by atoms with Gasteiger partial charge in [-0.1, -0.05) is 6.07 Å². The third-order valence-corrected chi connectivity index (χ3v) is 4.44. The zero-order valence-electron chi connectivity index (χ0n) is 14.9. The van der Waals surface area contributed by atoms with Crippen LogP contribution in [0.3, 0.4) is 0 Å². The molecule has 3 rings (SSSR count). The maximum atomic E-state index is 12.6. The quantitative estimate of drug-likeness (QED) is 0.758. The number of hydrogen-bond acceptors (Lipinski definition) is 3. The number of amides is 2. The normalized spacial score (nSPS) is 15.1. The number of benzene rings is 1. The second kappa shape index (κ2) is 8.24. The third kappa shape index (κ3) is 4.76. The number of halogens is 3. The molecule has 0 radical (unpaired) electrons. The first-order chi connectivity index (χ1) is 13.3. The second-order valence-corrected chi connectivity index (χ2v) is 6.31. The summed E-state index contributed by atoms with van der Waals surface area (Å²) in [5, 5.41) is 0. The number of aromatic nitrogens is 1. The Labute approximate surface area is 160 Å². The van der Waals surface area contributed by atoms with Gasteiger partial charge in [-0.25, -0.2) is 0 Å². The van der Waals surface area contributed by atoms with Crippen molar-refractivity contribution in [2.24, 2.45) is 0 Å². The molecule has 0 saturated carbocycles. The van der Waals surface area contributed by atoms with E-state index >= 15 is 0 Å². The van der Waals surface area contributed by atoms with Crippen LogP contribution in [0.1, 0.15) is 21.5 Å². The Morgan fingerprint density at radius 2 is 1.61 bits per heavy atom. The lowest BCUT2D eigenvalue weighted by Gasteiger charge is -2.34. The van der Waals surface area contributed by atoms with E-state index in [0.717, 1.165) is 17.7 Å². The van der Waals surface area contributed by atoms with Crippen molar-refractivity contribution in [2.45, 2.75) is 6.18 Å². The van der Waals surface area contributed by atoms with Gasteiger partial charge in [0.25, 0.3) is 5.91 Å². The van der Waals surface area contributed by atoms with Crippen LogP contribution in [0.25, 0.3) is 6.08 Å². The number of pyridine rings is 1. The maximum absolute atomic E-state index is 12.6. The molecule has 1 fully saturated rings. The number of carbonyl (C=O) groups excluding carboxylic acids is 2. The van der Waals surface area contributed by atoms with Crippen LogP contribution >= 0.6 is 0 Å². The maximum Gasteiger partial charge on any atom is 0.416 e. The molecule has 1 aromatic heterocycles. The lowest BCUT2D eigenvalue weighted by Crippen LogP contribution is -2.50. The van der Waals surface area contributed by atoms with Crippen LogP contribution in [-0.2, 0) is 11.0 Å². The molecule has 0 spiro atoms. The summed E-state index contributed by atoms with van der Waals surface area (Å²) in [4.78, 5) is 31.9. The molecule has 2 heterocycles. The van der Waals surface area contributed by atoms with E-state index < -0.39 is 11.7 Å². The third-order valence-electron chi connectivity index (χ3n) is 4.44. The molecular formula is C20H18F3N3O2. The van der Waals surface area contributed by atoms with Gasteiger partial charge in [-0.3, -0.25) is 14.6 Å². The molecular weight excluding hydrogens is 371 g/mol. The van der Waals surface area contributed by atoms with Crippen LogP contribution in [0, 0.1) is 0 Å². The minimum atomic E-state index is -4.43. The molecule has 8 heteroatoms. The second-order valence-electron chi connectivity index (χ2n) is 6.31. The average molecular weight is 389 g/mol. The largest absolute Gasteiger partial charge is 0.416 e. The SMILES string of the molecule is O=C(/C=C/c1cccnc1)N1CCN(C(=O)c2ccc(C(F)(F)F)cc2)CC1. The van der Waals surface area contributed by atoms with Crippen molar-refractivity contribution in [3.05, 3.63) is 71.6 Å². The van der Waals surface area contributed by atoms with Gasteiger partial charge in [-0.15, -0.1) is 0 Å². The molecule has 0 N–H and O–H groups in total. The fourth-order valence-corrected chi connectivity index (χ4v) is 2.86. The average Bonchev–Trinajstić information content (AvgIpc) is 2.72. The molecule has 2 amide bonds. The number of alkyl halides is 3. The summed E-state index contributed by atoms with van der Waals surface area (Å²) in [7, 11) is 0. The minimum absolute atomic E-state index is 0.162. The summed E-state index contributed by atoms with van der Waals surface area (Å²) in [5.74, 6) is -0.503. The smallest absolute Gasteiger partial charge is 0.336 e. The van der Waals surface area contributed by atoms with Gasteiger partial charge < -0.3 is 9.80 Å². The highest BCUT2D eigenvalue weighted by Gasteiger charge is 2.31. The predicted molar refractivity (Wildman–Crippen MR) is 97.2 cm³/mol. The van der Waals surface area contributed by atoms with Crippen LogP contribution in [-0.4, -0.2) is 52.8 Å². The number of hydrogen-bond donors (Lipinski definition) is 0. The Balaban J connectivity index is 1.55. The van der Waals surface area contributed by atoms with Gasteiger partial charge in [0.15, 0.2) is 0 Å². The molecule has 1 aliphatic heterocycles. The summed E-state index contributed by atoms with van der Waals surface area (Å²) in [6.07, 6.45) is 1.99. The summed E-state index contributed by atoms with van der Waals surface area (Å²) < 4.78 is 37.9. The summed E-state index contributed by atoms with van der Waals surface area (Å²) >= 11 is 0. The van der Waals surface area contributed by atoms with E-state index in [0.29, 0.717) is 26.2 Å². The molecule has 1 aliphatic rings. The summed E-state index contributed by atoms with van der Waals surface area (Å²) in [6.45, 7) is 1.38. The zero-order chi connectivity index (χ0) is 20.1. The first-order valence-corrected chi connectivity index (χ1v) is 8.68. The molecule has 0 unspecified atom stereocenters. The van der Waals surface area contributed by atoms with E-state index in [4.69, 9.17) is 0 Å². The molecule has 146 valence electrons. The van der Waals surface area contributed by atoms with E-state index in [2.05, 4.69) is 4.98 Å². The summed E-state index contributed by atoms with van der Waals surface area (Å²) in [5.41, 5.74) is 0.219. The lowest BCUT2D eigenvalue weighted by atomic mass is 10.1. The fourth-order valence-electron chi connectivity index (χ4n) is 2.86. The first kappa shape index (κ1) is 19.6. The monoisotopic (exact) mass is 389 g/mol. The van der Waals surface area contributed by atoms with Gasteiger partial charge in [0, 0.05) is 50.2 Å². The van der Waals surface area contributed by atoms with Crippen LogP contribution in [0.2, 0.25) is 0 Å². The first-order valence-electron chi connectivity index (χ1n) is 8.68. The van der Waals surface area contributed by atoms with Crippen molar-refractivity contribution in [1.29, 1.82) is 0 Å². The lowest BCUT2D eigenvalue weighted by molar-refractivity contribution is -0.137. The van der Waals surface area contributed by atoms with Crippen molar-refractivity contribution < 1.29 is 22.8 Å². The van der Waals surface area contributed by atoms with E-state index in [9.17, 15) is 22.8 Å². The van der Waals surface area contributed by atoms with Crippen molar-refractivity contribution in [3.8, 4) is 0 Å². The standard InChI is InChI=1S/C20H18F3N3O2/c21-20(22,23)17-6-4-16(5-7-17)19(28)26-12-10-25(11-13-26)18(27)8-3-15-2-1-9-24-14-15/h1-9,14H,10-13H2/b8-3+. The highest BCUT2D eigenvalue weighted by atomic mass is 19.4. The molecule has 0 bridgehead atoms. The number of carbonyl (C=O) groups is 2. The molecule has 5 nitrogen and oxygen atoms in total. The predicted octanol–water partition coefficient (Wildman–Crippen LogP) is 3.10. The van der Waals surface area contributed by atoms with E-state index in [1.807, 2.05) is 6.07 Å². The Hall–Kier alpha value is -3.16. The fraction of sp³-hybridized carbons (Fsp3) is 0.250. The van der Waals surface area contributed by atoms with Gasteiger partial charge in [0.1, 0.15) is 0 Å². The molecule has 1 aromatic carbocycles. The molecule has 0 aliphatic carbocycles. The highest BCUT2D eigenvalue weighted by molar-refractivity contribution is 5.95. The van der Waals surface area contributed by atoms with Crippen LogP contribution in [0.5, 0.6) is 0 Å². The van der Waals surface area contributed by atoms with E-state index in [1.54, 1.807) is 29.4 Å². The van der Waals surface area contributed by atoms with Gasteiger partial charge >= 0.3 is 6.18 Å². The Bertz CT molecular complexity index is 857. The Kier molecular flexibility index (Phi) is 5.77. The van der Waals surface area contributed by atoms with Crippen LogP contribution in [0.4, 0.5) is 13.2 Å². The van der Waals surface area contributed by atoms with Gasteiger partial charge in [-0.05, 0) is 42.0 Å². The molecule has 2 aromatic rings. The topological polar surface area (TPSA) is 53.5 Å². The summed E-state index contributed by atoms with van der Waals surface area (Å²) in [6, 6.07) is 7.76. The molecule has 0 atom stereocenters. The Morgan fingerprint density at radius 3 is 2.18 bits per heavy atom. The van der Waals surface area contributed by atoms with Gasteiger partial charge in [0.2, 0.25) is 5.91 Å². The van der Waals surface area contributed by atoms with E-state index in [-0.39, 0.29) is 17.4 Å². The highest BCUT2D eigenvalue weighted by Crippen LogP contribution is 2.29.